The quantitative estimate of drug-likeness (QED) is 0.396. The molecule has 0 bridgehead atoms. The van der Waals surface area contributed by atoms with Crippen LogP contribution in [0.4, 0.5) is 16.2 Å². The number of nitrogens with zero attached hydrogens (tertiary/aromatic N) is 2. The minimum Gasteiger partial charge on any atom is -0.477 e. The molecular formula is C23H21N3O5S. The van der Waals surface area contributed by atoms with Crippen molar-refractivity contribution in [1.29, 1.82) is 0 Å². The number of carbonyl (C=O) groups is 2. The number of anilines is 1. The van der Waals surface area contributed by atoms with Gasteiger partial charge in [-0.2, -0.15) is 0 Å². The first-order valence-electron chi connectivity index (χ1n) is 10.1. The number of piperidine rings is 1. The van der Waals surface area contributed by atoms with Gasteiger partial charge in [-0.25, -0.2) is 9.59 Å². The molecular weight excluding hydrogens is 430 g/mol. The summed E-state index contributed by atoms with van der Waals surface area (Å²) in [5.74, 6) is -0.857. The SMILES string of the molecule is O=C(O)c1sc(-c2ccccc2)cc1NC(=O)N1CCC(c2ccc([N+](=O)[O-])cc2)CC1. The molecule has 0 unspecified atom stereocenters. The number of benzene rings is 2. The van der Waals surface area contributed by atoms with Crippen LogP contribution in [0.2, 0.25) is 0 Å². The van der Waals surface area contributed by atoms with Crippen molar-refractivity contribution in [3.8, 4) is 10.4 Å². The van der Waals surface area contributed by atoms with Gasteiger partial charge in [-0.1, -0.05) is 42.5 Å². The van der Waals surface area contributed by atoms with Crippen molar-refractivity contribution in [1.82, 2.24) is 4.90 Å². The molecule has 0 radical (unpaired) electrons. The number of nitro benzene ring substituents is 1. The van der Waals surface area contributed by atoms with E-state index in [2.05, 4.69) is 5.32 Å². The van der Waals surface area contributed by atoms with E-state index in [1.807, 2.05) is 30.3 Å². The van der Waals surface area contributed by atoms with Crippen LogP contribution in [-0.2, 0) is 0 Å². The summed E-state index contributed by atoms with van der Waals surface area (Å²) < 4.78 is 0. The lowest BCUT2D eigenvalue weighted by molar-refractivity contribution is -0.384. The molecule has 1 aliphatic heterocycles. The molecule has 4 rings (SSSR count). The first kappa shape index (κ1) is 21.5. The van der Waals surface area contributed by atoms with E-state index in [-0.39, 0.29) is 22.5 Å². The van der Waals surface area contributed by atoms with Crippen LogP contribution in [0.5, 0.6) is 0 Å². The van der Waals surface area contributed by atoms with E-state index >= 15 is 0 Å². The number of thiophene rings is 1. The molecule has 2 amide bonds. The first-order chi connectivity index (χ1) is 15.4. The highest BCUT2D eigenvalue weighted by atomic mass is 32.1. The van der Waals surface area contributed by atoms with Crippen LogP contribution >= 0.6 is 11.3 Å². The number of urea groups is 1. The van der Waals surface area contributed by atoms with Crippen molar-refractivity contribution in [3.05, 3.63) is 81.2 Å². The monoisotopic (exact) mass is 451 g/mol. The number of hydrogen-bond acceptors (Lipinski definition) is 5. The van der Waals surface area contributed by atoms with Gasteiger partial charge in [0.1, 0.15) is 4.88 Å². The van der Waals surface area contributed by atoms with Crippen molar-refractivity contribution < 1.29 is 19.6 Å². The zero-order chi connectivity index (χ0) is 22.7. The van der Waals surface area contributed by atoms with Gasteiger partial charge in [0.2, 0.25) is 0 Å². The van der Waals surface area contributed by atoms with E-state index in [0.29, 0.717) is 18.8 Å². The van der Waals surface area contributed by atoms with Crippen LogP contribution < -0.4 is 5.32 Å². The van der Waals surface area contributed by atoms with Gasteiger partial charge < -0.3 is 15.3 Å². The average molecular weight is 452 g/mol. The molecule has 2 aromatic carbocycles. The van der Waals surface area contributed by atoms with Gasteiger partial charge in [-0.05, 0) is 36.0 Å². The second-order valence-corrected chi connectivity index (χ2v) is 8.62. The number of carbonyl (C=O) groups excluding carboxylic acids is 1. The fourth-order valence-electron chi connectivity index (χ4n) is 3.87. The first-order valence-corrected chi connectivity index (χ1v) is 11.0. The summed E-state index contributed by atoms with van der Waals surface area (Å²) in [7, 11) is 0. The maximum atomic E-state index is 12.8. The Hall–Kier alpha value is -3.72. The summed E-state index contributed by atoms with van der Waals surface area (Å²) in [4.78, 5) is 37.4. The third-order valence-electron chi connectivity index (χ3n) is 5.58. The van der Waals surface area contributed by atoms with E-state index in [1.165, 1.54) is 12.1 Å². The Kier molecular flexibility index (Phi) is 6.18. The van der Waals surface area contributed by atoms with Crippen molar-refractivity contribution in [2.75, 3.05) is 18.4 Å². The van der Waals surface area contributed by atoms with Crippen molar-refractivity contribution >= 4 is 34.7 Å². The molecule has 0 atom stereocenters. The van der Waals surface area contributed by atoms with E-state index in [1.54, 1.807) is 23.1 Å². The molecule has 2 N–H and O–H groups in total. The normalized spacial score (nSPS) is 14.2. The molecule has 32 heavy (non-hydrogen) atoms. The van der Waals surface area contributed by atoms with Gasteiger partial charge >= 0.3 is 12.0 Å². The van der Waals surface area contributed by atoms with Crippen LogP contribution in [0.1, 0.15) is 34.0 Å². The molecule has 164 valence electrons. The smallest absolute Gasteiger partial charge is 0.348 e. The Bertz CT molecular complexity index is 1140. The topological polar surface area (TPSA) is 113 Å². The maximum absolute atomic E-state index is 12.8. The third-order valence-corrected chi connectivity index (χ3v) is 6.76. The molecule has 3 aromatic rings. The van der Waals surface area contributed by atoms with E-state index in [0.717, 1.165) is 40.2 Å². The molecule has 2 heterocycles. The third kappa shape index (κ3) is 4.62. The molecule has 0 aliphatic carbocycles. The Morgan fingerprint density at radius 2 is 1.72 bits per heavy atom. The molecule has 1 saturated heterocycles. The number of non-ortho nitro benzene ring substituents is 1. The van der Waals surface area contributed by atoms with Crippen LogP contribution in [0.15, 0.2) is 60.7 Å². The summed E-state index contributed by atoms with van der Waals surface area (Å²) in [5, 5.41) is 23.2. The predicted molar refractivity (Wildman–Crippen MR) is 122 cm³/mol. The Balaban J connectivity index is 1.41. The van der Waals surface area contributed by atoms with Crippen LogP contribution in [-0.4, -0.2) is 40.0 Å². The number of carboxylic acid groups (broad SMARTS) is 1. The molecule has 9 heteroatoms. The number of amides is 2. The largest absolute Gasteiger partial charge is 0.477 e. The standard InChI is InChI=1S/C23H21N3O5S/c27-22(28)21-19(14-20(32-21)17-4-2-1-3-5-17)24-23(29)25-12-10-16(11-13-25)15-6-8-18(9-7-15)26(30)31/h1-9,14,16H,10-13H2,(H,24,29)(H,27,28). The van der Waals surface area contributed by atoms with Crippen molar-refractivity contribution in [2.24, 2.45) is 0 Å². The van der Waals surface area contributed by atoms with Gasteiger partial charge in [-0.3, -0.25) is 10.1 Å². The summed E-state index contributed by atoms with van der Waals surface area (Å²) >= 11 is 1.13. The Morgan fingerprint density at radius 3 is 2.31 bits per heavy atom. The van der Waals surface area contributed by atoms with Gasteiger partial charge in [-0.15, -0.1) is 11.3 Å². The van der Waals surface area contributed by atoms with Crippen molar-refractivity contribution in [3.63, 3.8) is 0 Å². The summed E-state index contributed by atoms with van der Waals surface area (Å²) in [6, 6.07) is 17.4. The Labute approximate surface area is 188 Å². The van der Waals surface area contributed by atoms with Gasteiger partial charge in [0.25, 0.3) is 5.69 Å². The highest BCUT2D eigenvalue weighted by Crippen LogP contribution is 2.35. The van der Waals surface area contributed by atoms with E-state index in [4.69, 9.17) is 0 Å². The average Bonchev–Trinajstić information content (AvgIpc) is 3.24. The molecule has 1 aromatic heterocycles. The van der Waals surface area contributed by atoms with Crippen LogP contribution in [0.25, 0.3) is 10.4 Å². The number of hydrogen-bond donors (Lipinski definition) is 2. The zero-order valence-corrected chi connectivity index (χ0v) is 17.9. The maximum Gasteiger partial charge on any atom is 0.348 e. The lowest BCUT2D eigenvalue weighted by atomic mass is 9.89. The van der Waals surface area contributed by atoms with Gasteiger partial charge in [0.05, 0.1) is 10.6 Å². The fourth-order valence-corrected chi connectivity index (χ4v) is 4.82. The van der Waals surface area contributed by atoms with E-state index < -0.39 is 10.9 Å². The lowest BCUT2D eigenvalue weighted by Gasteiger charge is -2.32. The molecule has 8 nitrogen and oxygen atoms in total. The zero-order valence-electron chi connectivity index (χ0n) is 17.1. The fraction of sp³-hybridized carbons (Fsp3) is 0.217. The minimum atomic E-state index is -1.08. The van der Waals surface area contributed by atoms with Crippen LogP contribution in [0.3, 0.4) is 0 Å². The lowest BCUT2D eigenvalue weighted by Crippen LogP contribution is -2.40. The van der Waals surface area contributed by atoms with E-state index in [9.17, 15) is 24.8 Å². The number of nitro groups is 1. The number of nitrogens with one attached hydrogen (secondary N) is 1. The summed E-state index contributed by atoms with van der Waals surface area (Å²) in [6.45, 7) is 1.04. The molecule has 0 saturated carbocycles. The highest BCUT2D eigenvalue weighted by molar-refractivity contribution is 7.18. The summed E-state index contributed by atoms with van der Waals surface area (Å²) in [5.41, 5.74) is 2.27. The van der Waals surface area contributed by atoms with Gasteiger partial charge in [0.15, 0.2) is 0 Å². The second-order valence-electron chi connectivity index (χ2n) is 7.56. The molecule has 1 aliphatic rings. The highest BCUT2D eigenvalue weighted by Gasteiger charge is 2.26. The predicted octanol–water partition coefficient (Wildman–Crippen LogP) is 5.43. The minimum absolute atomic E-state index is 0.0606. The molecule has 1 fully saturated rings. The summed E-state index contributed by atoms with van der Waals surface area (Å²) in [6.07, 6.45) is 1.46. The number of likely N-dealkylation sites (tertiary alicyclic amines) is 1. The molecule has 0 spiro atoms. The number of aromatic carboxylic acids is 1. The number of carboxylic acids is 1. The van der Waals surface area contributed by atoms with Crippen LogP contribution in [0, 0.1) is 10.1 Å². The second kappa shape index (κ2) is 9.19. The van der Waals surface area contributed by atoms with Crippen molar-refractivity contribution in [2.45, 2.75) is 18.8 Å². The van der Waals surface area contributed by atoms with Gasteiger partial charge in [0, 0.05) is 30.1 Å². The Morgan fingerprint density at radius 1 is 1.06 bits per heavy atom. The number of rotatable bonds is 5.